The molecular weight excluding hydrogens is 532 g/mol. The van der Waals surface area contributed by atoms with E-state index in [2.05, 4.69) is 30.5 Å². The quantitative estimate of drug-likeness (QED) is 0.239. The second-order valence-electron chi connectivity index (χ2n) is 11.4. The number of nitrogens with one attached hydrogen (secondary N) is 2. The van der Waals surface area contributed by atoms with Crippen LogP contribution in [0.1, 0.15) is 43.1 Å². The number of benzene rings is 2. The number of rotatable bonds is 10. The van der Waals surface area contributed by atoms with Crippen molar-refractivity contribution in [2.45, 2.75) is 39.7 Å². The van der Waals surface area contributed by atoms with E-state index >= 15 is 0 Å². The Morgan fingerprint density at radius 3 is 2.67 bits per heavy atom. The summed E-state index contributed by atoms with van der Waals surface area (Å²) in [6.07, 6.45) is 4.14. The van der Waals surface area contributed by atoms with Crippen LogP contribution in [0, 0.1) is 6.92 Å². The van der Waals surface area contributed by atoms with E-state index < -0.39 is 0 Å². The highest BCUT2D eigenvalue weighted by molar-refractivity contribution is 5.95. The lowest BCUT2D eigenvalue weighted by molar-refractivity contribution is 0.0357. The molecule has 0 saturated carbocycles. The van der Waals surface area contributed by atoms with Gasteiger partial charge in [0.1, 0.15) is 23.6 Å². The van der Waals surface area contributed by atoms with Crippen molar-refractivity contribution in [3.05, 3.63) is 72.2 Å². The molecule has 2 N–H and O–H groups in total. The molecule has 2 aromatic heterocycles. The Hall–Kier alpha value is -4.28. The number of hydrogen-bond donors (Lipinski definition) is 2. The minimum atomic E-state index is -0.323. The maximum atomic E-state index is 12.6. The highest BCUT2D eigenvalue weighted by atomic mass is 16.5. The fourth-order valence-electron chi connectivity index (χ4n) is 4.63. The second kappa shape index (κ2) is 13.1. The Morgan fingerprint density at radius 1 is 1.05 bits per heavy atom. The molecule has 1 amide bonds. The third kappa shape index (κ3) is 7.92. The second-order valence-corrected chi connectivity index (χ2v) is 11.4. The Labute approximate surface area is 246 Å². The Bertz CT molecular complexity index is 1530. The third-order valence-corrected chi connectivity index (χ3v) is 6.72. The number of aromatic nitrogens is 3. The van der Waals surface area contributed by atoms with E-state index in [9.17, 15) is 4.79 Å². The number of carbonyl (C=O) groups is 1. The summed E-state index contributed by atoms with van der Waals surface area (Å²) in [7, 11) is 0. The van der Waals surface area contributed by atoms with Gasteiger partial charge in [0, 0.05) is 47.9 Å². The zero-order valence-corrected chi connectivity index (χ0v) is 24.6. The standard InChI is InChI=1S/C32H38N6O4/c1-22-17-24(9-10-28(22)42-25-8-5-7-23(18-25)31(39)37-32(2,3)4)36-30-26-19-29(33-20-27(26)34-21-35-30)41-14-6-11-38-12-15-40-16-13-38/h5,7-10,17-21H,6,11-16H2,1-4H3,(H,37,39)(H,34,35,36). The highest BCUT2D eigenvalue weighted by Crippen LogP contribution is 2.31. The first-order valence-corrected chi connectivity index (χ1v) is 14.3. The lowest BCUT2D eigenvalue weighted by Gasteiger charge is -2.26. The normalized spacial score (nSPS) is 14.0. The van der Waals surface area contributed by atoms with E-state index in [0.29, 0.717) is 35.4 Å². The summed E-state index contributed by atoms with van der Waals surface area (Å²) in [6.45, 7) is 12.9. The molecule has 0 bridgehead atoms. The fraction of sp³-hybridized carbons (Fsp3) is 0.375. The number of fused-ring (bicyclic) bond motifs is 1. The van der Waals surface area contributed by atoms with Crippen molar-refractivity contribution in [3.8, 4) is 17.4 Å². The molecule has 0 unspecified atom stereocenters. The molecule has 0 atom stereocenters. The van der Waals surface area contributed by atoms with Crippen LogP contribution in [-0.2, 0) is 4.74 Å². The molecule has 1 aliphatic rings. The number of pyridine rings is 1. The summed E-state index contributed by atoms with van der Waals surface area (Å²) < 4.78 is 17.5. The van der Waals surface area contributed by atoms with Crippen molar-refractivity contribution < 1.29 is 19.0 Å². The van der Waals surface area contributed by atoms with Gasteiger partial charge < -0.3 is 24.8 Å². The SMILES string of the molecule is Cc1cc(Nc2ncnc3cnc(OCCCN4CCOCC4)cc23)ccc1Oc1cccc(C(=O)NC(C)(C)C)c1. The number of morpholine rings is 1. The van der Waals surface area contributed by atoms with Gasteiger partial charge in [-0.3, -0.25) is 9.69 Å². The van der Waals surface area contributed by atoms with Gasteiger partial charge in [0.25, 0.3) is 5.91 Å². The molecule has 2 aromatic carbocycles. The molecule has 10 nitrogen and oxygen atoms in total. The monoisotopic (exact) mass is 570 g/mol. The van der Waals surface area contributed by atoms with Gasteiger partial charge in [-0.25, -0.2) is 15.0 Å². The molecule has 42 heavy (non-hydrogen) atoms. The number of hydrogen-bond acceptors (Lipinski definition) is 9. The number of amides is 1. The highest BCUT2D eigenvalue weighted by Gasteiger charge is 2.16. The van der Waals surface area contributed by atoms with Gasteiger partial charge in [-0.05, 0) is 76.1 Å². The fourth-order valence-corrected chi connectivity index (χ4v) is 4.63. The zero-order chi connectivity index (χ0) is 29.5. The largest absolute Gasteiger partial charge is 0.478 e. The summed E-state index contributed by atoms with van der Waals surface area (Å²) in [6, 6.07) is 14.9. The van der Waals surface area contributed by atoms with E-state index in [0.717, 1.165) is 61.4 Å². The average molecular weight is 571 g/mol. The van der Waals surface area contributed by atoms with Crippen LogP contribution in [-0.4, -0.2) is 70.8 Å². The van der Waals surface area contributed by atoms with Crippen LogP contribution >= 0.6 is 0 Å². The molecule has 220 valence electrons. The molecule has 5 rings (SSSR count). The number of anilines is 2. The van der Waals surface area contributed by atoms with E-state index in [-0.39, 0.29) is 11.4 Å². The number of carbonyl (C=O) groups excluding carboxylic acids is 1. The molecule has 0 radical (unpaired) electrons. The molecular formula is C32H38N6O4. The Balaban J connectivity index is 1.24. The number of ether oxygens (including phenoxy) is 3. The minimum Gasteiger partial charge on any atom is -0.478 e. The molecule has 10 heteroatoms. The van der Waals surface area contributed by atoms with Crippen LogP contribution in [0.2, 0.25) is 0 Å². The van der Waals surface area contributed by atoms with Gasteiger partial charge in [0.05, 0.1) is 31.5 Å². The van der Waals surface area contributed by atoms with E-state index in [1.807, 2.05) is 64.1 Å². The molecule has 3 heterocycles. The Morgan fingerprint density at radius 2 is 1.88 bits per heavy atom. The topological polar surface area (TPSA) is 111 Å². The predicted molar refractivity (Wildman–Crippen MR) is 163 cm³/mol. The number of aryl methyl sites for hydroxylation is 1. The summed E-state index contributed by atoms with van der Waals surface area (Å²) in [5.74, 6) is 2.34. The predicted octanol–water partition coefficient (Wildman–Crippen LogP) is 5.50. The van der Waals surface area contributed by atoms with Crippen LogP contribution in [0.5, 0.6) is 17.4 Å². The van der Waals surface area contributed by atoms with Crippen LogP contribution in [0.4, 0.5) is 11.5 Å². The summed E-state index contributed by atoms with van der Waals surface area (Å²) in [5, 5.41) is 7.20. The smallest absolute Gasteiger partial charge is 0.251 e. The average Bonchev–Trinajstić information content (AvgIpc) is 2.97. The van der Waals surface area contributed by atoms with Gasteiger partial charge in [-0.1, -0.05) is 6.07 Å². The van der Waals surface area contributed by atoms with Crippen LogP contribution < -0.4 is 20.1 Å². The van der Waals surface area contributed by atoms with E-state index in [4.69, 9.17) is 14.2 Å². The number of nitrogens with zero attached hydrogens (tertiary/aromatic N) is 4. The summed E-state index contributed by atoms with van der Waals surface area (Å²) in [5.41, 5.74) is 2.72. The third-order valence-electron chi connectivity index (χ3n) is 6.72. The minimum absolute atomic E-state index is 0.141. The van der Waals surface area contributed by atoms with Crippen molar-refractivity contribution in [1.82, 2.24) is 25.2 Å². The van der Waals surface area contributed by atoms with Crippen molar-refractivity contribution in [2.75, 3.05) is 44.8 Å². The van der Waals surface area contributed by atoms with Crippen molar-refractivity contribution >= 4 is 28.3 Å². The van der Waals surface area contributed by atoms with Crippen LogP contribution in [0.3, 0.4) is 0 Å². The first-order chi connectivity index (χ1) is 20.2. The van der Waals surface area contributed by atoms with Gasteiger partial charge in [-0.2, -0.15) is 0 Å². The maximum absolute atomic E-state index is 12.6. The molecule has 1 saturated heterocycles. The lowest BCUT2D eigenvalue weighted by atomic mass is 10.1. The van der Waals surface area contributed by atoms with Crippen molar-refractivity contribution in [2.24, 2.45) is 0 Å². The molecule has 1 fully saturated rings. The molecule has 0 spiro atoms. The first-order valence-electron chi connectivity index (χ1n) is 14.3. The Kier molecular flexibility index (Phi) is 9.14. The first kappa shape index (κ1) is 29.2. The summed E-state index contributed by atoms with van der Waals surface area (Å²) >= 11 is 0. The van der Waals surface area contributed by atoms with Crippen LogP contribution in [0.25, 0.3) is 10.9 Å². The summed E-state index contributed by atoms with van der Waals surface area (Å²) in [4.78, 5) is 28.2. The van der Waals surface area contributed by atoms with Gasteiger partial charge in [0.2, 0.25) is 5.88 Å². The van der Waals surface area contributed by atoms with Crippen molar-refractivity contribution in [1.29, 1.82) is 0 Å². The van der Waals surface area contributed by atoms with Gasteiger partial charge in [-0.15, -0.1) is 0 Å². The van der Waals surface area contributed by atoms with Gasteiger partial charge in [0.15, 0.2) is 0 Å². The molecule has 4 aromatic rings. The zero-order valence-electron chi connectivity index (χ0n) is 24.6. The van der Waals surface area contributed by atoms with E-state index in [1.54, 1.807) is 18.3 Å². The molecule has 1 aliphatic heterocycles. The van der Waals surface area contributed by atoms with Crippen LogP contribution in [0.15, 0.2) is 61.1 Å². The maximum Gasteiger partial charge on any atom is 0.251 e. The van der Waals surface area contributed by atoms with Crippen molar-refractivity contribution in [3.63, 3.8) is 0 Å². The lowest BCUT2D eigenvalue weighted by Crippen LogP contribution is -2.40. The molecule has 0 aliphatic carbocycles. The van der Waals surface area contributed by atoms with E-state index in [1.165, 1.54) is 6.33 Å². The van der Waals surface area contributed by atoms with Gasteiger partial charge >= 0.3 is 0 Å².